The second-order valence-electron chi connectivity index (χ2n) is 10.00. The zero-order valence-corrected chi connectivity index (χ0v) is 22.7. The molecule has 1 atom stereocenters. The van der Waals surface area contributed by atoms with E-state index in [1.165, 1.54) is 53.5 Å². The summed E-state index contributed by atoms with van der Waals surface area (Å²) < 4.78 is 13.5. The predicted octanol–water partition coefficient (Wildman–Crippen LogP) is 8.54. The molecule has 1 N–H and O–H groups in total. The van der Waals surface area contributed by atoms with Crippen LogP contribution >= 0.6 is 0 Å². The third-order valence-corrected chi connectivity index (χ3v) is 7.21. The van der Waals surface area contributed by atoms with Crippen molar-refractivity contribution in [3.8, 4) is 11.3 Å². The molecule has 0 aliphatic rings. The molecule has 4 aromatic rings. The van der Waals surface area contributed by atoms with E-state index in [-0.39, 0.29) is 11.7 Å². The van der Waals surface area contributed by atoms with Crippen molar-refractivity contribution >= 4 is 16.6 Å². The van der Waals surface area contributed by atoms with E-state index in [2.05, 4.69) is 75.3 Å². The minimum absolute atomic E-state index is 0.194. The Bertz CT molecular complexity index is 1390. The van der Waals surface area contributed by atoms with Crippen LogP contribution in [0, 0.1) is 19.7 Å². The monoisotopic (exact) mass is 495 g/mol. The quantitative estimate of drug-likeness (QED) is 0.224. The fourth-order valence-corrected chi connectivity index (χ4v) is 4.82. The van der Waals surface area contributed by atoms with Crippen molar-refractivity contribution < 1.29 is 4.39 Å². The molecule has 0 saturated heterocycles. The Morgan fingerprint density at radius 3 is 2.57 bits per heavy atom. The fraction of sp³-hybridized carbons (Fsp3) is 0.333. The van der Waals surface area contributed by atoms with Gasteiger partial charge in [-0.3, -0.25) is 9.97 Å². The molecule has 0 aliphatic heterocycles. The highest BCUT2D eigenvalue weighted by Gasteiger charge is 2.15. The van der Waals surface area contributed by atoms with E-state index in [1.54, 1.807) is 12.1 Å². The predicted molar refractivity (Wildman–Crippen MR) is 154 cm³/mol. The summed E-state index contributed by atoms with van der Waals surface area (Å²) in [6.07, 6.45) is 8.70. The van der Waals surface area contributed by atoms with Gasteiger partial charge in [-0.1, -0.05) is 38.8 Å². The number of hydrogen-bond acceptors (Lipinski definition) is 3. The summed E-state index contributed by atoms with van der Waals surface area (Å²) in [5.74, 6) is -0.0386. The first-order chi connectivity index (χ1) is 17.9. The third kappa shape index (κ3) is 6.25. The Labute approximate surface area is 220 Å². The Balaban J connectivity index is 1.56. The van der Waals surface area contributed by atoms with Gasteiger partial charge in [0.1, 0.15) is 5.82 Å². The van der Waals surface area contributed by atoms with E-state index in [0.29, 0.717) is 0 Å². The number of hydrogen-bond donors (Lipinski definition) is 1. The molecule has 0 aliphatic carbocycles. The van der Waals surface area contributed by atoms with Crippen LogP contribution < -0.4 is 5.32 Å². The van der Waals surface area contributed by atoms with Gasteiger partial charge in [0.05, 0.1) is 11.2 Å². The standard InChI is InChI=1S/C33H38FN3/c1-6-8-9-11-26-19-28(20-27-12-10-17-35-33(26)27)30(7-2)36-21-23(4)31-18-22(3)24(5)32(37-31)25-13-15-29(34)16-14-25/h7,10,12-20,23,36H,6,8-9,11,21H2,1-5H3/b30-7+. The van der Waals surface area contributed by atoms with Crippen LogP contribution in [-0.2, 0) is 6.42 Å². The number of aromatic nitrogens is 2. The molecule has 3 nitrogen and oxygen atoms in total. The highest BCUT2D eigenvalue weighted by molar-refractivity contribution is 5.86. The largest absolute Gasteiger partial charge is 0.384 e. The van der Waals surface area contributed by atoms with Crippen LogP contribution in [0.5, 0.6) is 0 Å². The molecule has 2 aromatic carbocycles. The first-order valence-corrected chi connectivity index (χ1v) is 13.4. The maximum Gasteiger partial charge on any atom is 0.123 e. The smallest absolute Gasteiger partial charge is 0.123 e. The average molecular weight is 496 g/mol. The lowest BCUT2D eigenvalue weighted by Crippen LogP contribution is -2.20. The van der Waals surface area contributed by atoms with Crippen LogP contribution in [0.4, 0.5) is 4.39 Å². The Kier molecular flexibility index (Phi) is 8.70. The number of allylic oxidation sites excluding steroid dienone is 1. The zero-order valence-electron chi connectivity index (χ0n) is 22.7. The molecule has 0 amide bonds. The fourth-order valence-electron chi connectivity index (χ4n) is 4.82. The van der Waals surface area contributed by atoms with Crippen molar-refractivity contribution in [1.82, 2.24) is 15.3 Å². The van der Waals surface area contributed by atoms with E-state index in [4.69, 9.17) is 4.98 Å². The molecule has 0 fully saturated rings. The first kappa shape index (κ1) is 26.5. The van der Waals surface area contributed by atoms with Gasteiger partial charge in [0.2, 0.25) is 0 Å². The maximum atomic E-state index is 13.5. The molecule has 2 aromatic heterocycles. The number of halogens is 1. The van der Waals surface area contributed by atoms with Crippen LogP contribution in [-0.4, -0.2) is 16.5 Å². The first-order valence-electron chi connectivity index (χ1n) is 13.4. The highest BCUT2D eigenvalue weighted by atomic mass is 19.1. The number of rotatable bonds is 10. The van der Waals surface area contributed by atoms with Gasteiger partial charge in [-0.25, -0.2) is 4.39 Å². The van der Waals surface area contributed by atoms with Gasteiger partial charge in [0.15, 0.2) is 0 Å². The van der Waals surface area contributed by atoms with Gasteiger partial charge in [-0.15, -0.1) is 0 Å². The summed E-state index contributed by atoms with van der Waals surface area (Å²) in [5, 5.41) is 4.88. The van der Waals surface area contributed by atoms with E-state index in [1.807, 2.05) is 12.3 Å². The number of aryl methyl sites for hydroxylation is 2. The minimum Gasteiger partial charge on any atom is -0.384 e. The van der Waals surface area contributed by atoms with Crippen LogP contribution in [0.15, 0.2) is 66.9 Å². The van der Waals surface area contributed by atoms with Crippen LogP contribution in [0.25, 0.3) is 27.9 Å². The van der Waals surface area contributed by atoms with E-state index >= 15 is 0 Å². The topological polar surface area (TPSA) is 37.8 Å². The number of nitrogens with zero attached hydrogens (tertiary/aromatic N) is 2. The number of pyridine rings is 2. The van der Waals surface area contributed by atoms with E-state index in [0.717, 1.165) is 46.7 Å². The van der Waals surface area contributed by atoms with Crippen LogP contribution in [0.3, 0.4) is 0 Å². The van der Waals surface area contributed by atoms with Crippen LogP contribution in [0.2, 0.25) is 0 Å². The molecule has 0 radical (unpaired) electrons. The van der Waals surface area contributed by atoms with Gasteiger partial charge >= 0.3 is 0 Å². The summed E-state index contributed by atoms with van der Waals surface area (Å²) >= 11 is 0. The second-order valence-corrected chi connectivity index (χ2v) is 10.00. The van der Waals surface area contributed by atoms with Gasteiger partial charge in [-0.2, -0.15) is 0 Å². The normalized spacial score (nSPS) is 12.6. The summed E-state index contributed by atoms with van der Waals surface area (Å²) in [4.78, 5) is 9.70. The van der Waals surface area contributed by atoms with Gasteiger partial charge in [0, 0.05) is 41.0 Å². The number of unbranched alkanes of at least 4 members (excludes halogenated alkanes) is 2. The van der Waals surface area contributed by atoms with Crippen molar-refractivity contribution in [2.75, 3.05) is 6.54 Å². The zero-order chi connectivity index (χ0) is 26.4. The molecule has 0 spiro atoms. The van der Waals surface area contributed by atoms with Crippen LogP contribution in [0.1, 0.15) is 73.9 Å². The van der Waals surface area contributed by atoms with Gasteiger partial charge < -0.3 is 5.32 Å². The van der Waals surface area contributed by atoms with Crippen molar-refractivity contribution in [2.45, 2.75) is 66.2 Å². The number of nitrogens with one attached hydrogen (secondary N) is 1. The Hall–Kier alpha value is -3.53. The third-order valence-electron chi connectivity index (χ3n) is 7.21. The molecule has 4 rings (SSSR count). The van der Waals surface area contributed by atoms with E-state index < -0.39 is 0 Å². The summed E-state index contributed by atoms with van der Waals surface area (Å²) in [7, 11) is 0. The Morgan fingerprint density at radius 1 is 1.05 bits per heavy atom. The molecule has 0 saturated carbocycles. The summed E-state index contributed by atoms with van der Waals surface area (Å²) in [6.45, 7) is 11.5. The summed E-state index contributed by atoms with van der Waals surface area (Å²) in [6, 6.07) is 17.5. The number of fused-ring (bicyclic) bond motifs is 1. The second kappa shape index (κ2) is 12.1. The van der Waals surface area contributed by atoms with Crippen molar-refractivity contribution in [2.24, 2.45) is 0 Å². The molecular formula is C33H38FN3. The Morgan fingerprint density at radius 2 is 1.84 bits per heavy atom. The minimum atomic E-state index is -0.233. The molecule has 4 heteroatoms. The molecule has 1 unspecified atom stereocenters. The lowest BCUT2D eigenvalue weighted by atomic mass is 9.97. The molecule has 2 heterocycles. The number of benzene rings is 2. The molecule has 37 heavy (non-hydrogen) atoms. The molecule has 0 bridgehead atoms. The van der Waals surface area contributed by atoms with Crippen molar-refractivity contribution in [3.63, 3.8) is 0 Å². The maximum absolute atomic E-state index is 13.5. The molecular weight excluding hydrogens is 457 g/mol. The van der Waals surface area contributed by atoms with Gasteiger partial charge in [0.25, 0.3) is 0 Å². The lowest BCUT2D eigenvalue weighted by molar-refractivity contribution is 0.628. The van der Waals surface area contributed by atoms with Gasteiger partial charge in [-0.05, 0) is 104 Å². The molecule has 192 valence electrons. The average Bonchev–Trinajstić information content (AvgIpc) is 2.91. The highest BCUT2D eigenvalue weighted by Crippen LogP contribution is 2.28. The van der Waals surface area contributed by atoms with Crippen molar-refractivity contribution in [1.29, 1.82) is 0 Å². The summed E-state index contributed by atoms with van der Waals surface area (Å²) in [5.41, 5.74) is 9.97. The SMILES string of the molecule is C/C=C(/NCC(C)c1cc(C)c(C)c(-c2ccc(F)cc2)n1)c1cc(CCCCC)c2ncccc2c1. The lowest BCUT2D eigenvalue weighted by Gasteiger charge is -2.19. The van der Waals surface area contributed by atoms with E-state index in [9.17, 15) is 4.39 Å². The van der Waals surface area contributed by atoms with Crippen molar-refractivity contribution in [3.05, 3.63) is 101 Å².